The fourth-order valence-electron chi connectivity index (χ4n) is 2.54. The van der Waals surface area contributed by atoms with E-state index in [1.54, 1.807) is 36.5 Å². The summed E-state index contributed by atoms with van der Waals surface area (Å²) in [6, 6.07) is 15.6. The molecule has 9 heteroatoms. The second kappa shape index (κ2) is 8.93. The molecule has 1 amide bonds. The van der Waals surface area contributed by atoms with Gasteiger partial charge in [0, 0.05) is 23.8 Å². The lowest BCUT2D eigenvalue weighted by Crippen LogP contribution is -2.25. The first kappa shape index (κ1) is 20.6. The van der Waals surface area contributed by atoms with Gasteiger partial charge in [0.1, 0.15) is 0 Å². The average molecular weight is 432 g/mol. The largest absolute Gasteiger partial charge is 0.481 e. The van der Waals surface area contributed by atoms with Crippen molar-refractivity contribution >= 4 is 33.2 Å². The third-order valence-corrected chi connectivity index (χ3v) is 5.63. The number of benzene rings is 2. The maximum Gasteiger partial charge on any atom is 0.261 e. The summed E-state index contributed by atoms with van der Waals surface area (Å²) in [6.45, 7) is 0.232. The zero-order chi connectivity index (χ0) is 20.9. The SMILES string of the molecule is COc1cc(CNC(=O)c2ccccc2NS(=O)(=O)c2ccc(Cl)cc2)ccn1. The molecule has 3 aromatic rings. The number of anilines is 1. The molecule has 150 valence electrons. The van der Waals surface area contributed by atoms with Crippen LogP contribution in [0.1, 0.15) is 15.9 Å². The number of rotatable bonds is 7. The van der Waals surface area contributed by atoms with E-state index in [4.69, 9.17) is 16.3 Å². The monoisotopic (exact) mass is 431 g/mol. The van der Waals surface area contributed by atoms with Crippen LogP contribution in [0.5, 0.6) is 5.88 Å². The molecule has 0 radical (unpaired) electrons. The fraction of sp³-hybridized carbons (Fsp3) is 0.100. The van der Waals surface area contributed by atoms with Crippen molar-refractivity contribution in [3.05, 3.63) is 83.0 Å². The first-order valence-corrected chi connectivity index (χ1v) is 10.4. The number of halogens is 1. The third-order valence-electron chi connectivity index (χ3n) is 4.00. The van der Waals surface area contributed by atoms with Gasteiger partial charge in [0.05, 0.1) is 23.3 Å². The molecular weight excluding hydrogens is 414 g/mol. The quantitative estimate of drug-likeness (QED) is 0.597. The Morgan fingerprint density at radius 3 is 2.55 bits per heavy atom. The molecule has 3 rings (SSSR count). The topological polar surface area (TPSA) is 97.4 Å². The number of amides is 1. The highest BCUT2D eigenvalue weighted by Crippen LogP contribution is 2.21. The van der Waals surface area contributed by atoms with E-state index in [9.17, 15) is 13.2 Å². The summed E-state index contributed by atoms with van der Waals surface area (Å²) >= 11 is 5.81. The number of aromatic nitrogens is 1. The molecule has 1 aromatic heterocycles. The second-order valence-electron chi connectivity index (χ2n) is 5.99. The van der Waals surface area contributed by atoms with Crippen LogP contribution in [-0.2, 0) is 16.6 Å². The Kier molecular flexibility index (Phi) is 6.36. The van der Waals surface area contributed by atoms with E-state index in [1.165, 1.54) is 37.4 Å². The Bertz CT molecular complexity index is 1120. The van der Waals surface area contributed by atoms with E-state index in [1.807, 2.05) is 0 Å². The van der Waals surface area contributed by atoms with Crippen molar-refractivity contribution in [2.45, 2.75) is 11.4 Å². The number of para-hydroxylation sites is 1. The number of pyridine rings is 1. The van der Waals surface area contributed by atoms with Crippen molar-refractivity contribution in [2.75, 3.05) is 11.8 Å². The van der Waals surface area contributed by atoms with E-state index in [2.05, 4.69) is 15.0 Å². The average Bonchev–Trinajstić information content (AvgIpc) is 2.72. The van der Waals surface area contributed by atoms with Gasteiger partial charge in [0.25, 0.3) is 15.9 Å². The minimum atomic E-state index is -3.88. The number of hydrogen-bond acceptors (Lipinski definition) is 5. The Hall–Kier alpha value is -3.10. The zero-order valence-electron chi connectivity index (χ0n) is 15.4. The maximum absolute atomic E-state index is 12.7. The van der Waals surface area contributed by atoms with Crippen molar-refractivity contribution in [3.63, 3.8) is 0 Å². The molecule has 0 aliphatic heterocycles. The number of sulfonamides is 1. The number of nitrogens with zero attached hydrogens (tertiary/aromatic N) is 1. The highest BCUT2D eigenvalue weighted by molar-refractivity contribution is 7.92. The van der Waals surface area contributed by atoms with Gasteiger partial charge in [-0.1, -0.05) is 23.7 Å². The van der Waals surface area contributed by atoms with Gasteiger partial charge >= 0.3 is 0 Å². The molecule has 29 heavy (non-hydrogen) atoms. The van der Waals surface area contributed by atoms with E-state index in [0.717, 1.165) is 5.56 Å². The second-order valence-corrected chi connectivity index (χ2v) is 8.11. The zero-order valence-corrected chi connectivity index (χ0v) is 17.0. The van der Waals surface area contributed by atoms with E-state index in [-0.39, 0.29) is 22.7 Å². The lowest BCUT2D eigenvalue weighted by molar-refractivity contribution is 0.0951. The molecule has 0 saturated carbocycles. The molecule has 1 heterocycles. The smallest absolute Gasteiger partial charge is 0.261 e. The molecule has 0 aliphatic carbocycles. The van der Waals surface area contributed by atoms with Crippen molar-refractivity contribution < 1.29 is 17.9 Å². The number of carbonyl (C=O) groups is 1. The van der Waals surface area contributed by atoms with E-state index < -0.39 is 15.9 Å². The summed E-state index contributed by atoms with van der Waals surface area (Å²) in [5.41, 5.74) is 1.17. The van der Waals surface area contributed by atoms with Crippen molar-refractivity contribution in [2.24, 2.45) is 0 Å². The van der Waals surface area contributed by atoms with Crippen LogP contribution < -0.4 is 14.8 Å². The van der Waals surface area contributed by atoms with Gasteiger partial charge in [-0.2, -0.15) is 0 Å². The van der Waals surface area contributed by atoms with Gasteiger partial charge in [-0.05, 0) is 48.0 Å². The summed E-state index contributed by atoms with van der Waals surface area (Å²) in [5, 5.41) is 3.19. The van der Waals surface area contributed by atoms with Crippen molar-refractivity contribution in [1.29, 1.82) is 0 Å². The van der Waals surface area contributed by atoms with Crippen LogP contribution >= 0.6 is 11.6 Å². The Balaban J connectivity index is 1.77. The van der Waals surface area contributed by atoms with E-state index in [0.29, 0.717) is 10.9 Å². The van der Waals surface area contributed by atoms with Crippen LogP contribution in [0, 0.1) is 0 Å². The summed E-state index contributed by atoms with van der Waals surface area (Å²) in [7, 11) is -2.37. The normalized spacial score (nSPS) is 11.0. The summed E-state index contributed by atoms with van der Waals surface area (Å²) < 4.78 is 32.8. The number of nitrogens with one attached hydrogen (secondary N) is 2. The minimum absolute atomic E-state index is 0.0426. The number of hydrogen-bond donors (Lipinski definition) is 2. The first-order valence-electron chi connectivity index (χ1n) is 8.53. The molecule has 0 saturated heterocycles. The van der Waals surface area contributed by atoms with Gasteiger partial charge in [-0.25, -0.2) is 13.4 Å². The van der Waals surface area contributed by atoms with E-state index >= 15 is 0 Å². The molecule has 0 aliphatic rings. The Labute approximate surface area is 173 Å². The maximum atomic E-state index is 12.7. The summed E-state index contributed by atoms with van der Waals surface area (Å²) in [5.74, 6) is 0.0167. The number of methoxy groups -OCH3 is 1. The lowest BCUT2D eigenvalue weighted by atomic mass is 10.1. The predicted molar refractivity (Wildman–Crippen MR) is 111 cm³/mol. The third kappa shape index (κ3) is 5.24. The van der Waals surface area contributed by atoms with Crippen molar-refractivity contribution in [3.8, 4) is 5.88 Å². The van der Waals surface area contributed by atoms with Crippen LogP contribution in [0.3, 0.4) is 0 Å². The molecule has 7 nitrogen and oxygen atoms in total. The standard InChI is InChI=1S/C20H18ClN3O4S/c1-28-19-12-14(10-11-22-19)13-23-20(25)17-4-2-3-5-18(17)24-29(26,27)16-8-6-15(21)7-9-16/h2-12,24H,13H2,1H3,(H,23,25). The van der Waals surface area contributed by atoms with Crippen molar-refractivity contribution in [1.82, 2.24) is 10.3 Å². The van der Waals surface area contributed by atoms with Crippen LogP contribution in [-0.4, -0.2) is 26.4 Å². The van der Waals surface area contributed by atoms with Gasteiger partial charge in [0.15, 0.2) is 0 Å². The number of ether oxygens (including phenoxy) is 1. The number of carbonyl (C=O) groups excluding carboxylic acids is 1. The molecule has 0 bridgehead atoms. The van der Waals surface area contributed by atoms with Crippen LogP contribution in [0.25, 0.3) is 0 Å². The summed E-state index contributed by atoms with van der Waals surface area (Å²) in [4.78, 5) is 16.7. The molecule has 2 aromatic carbocycles. The van der Waals surface area contributed by atoms with Crippen LogP contribution in [0.15, 0.2) is 71.8 Å². The Morgan fingerprint density at radius 1 is 1.10 bits per heavy atom. The highest BCUT2D eigenvalue weighted by Gasteiger charge is 2.18. The lowest BCUT2D eigenvalue weighted by Gasteiger charge is -2.13. The minimum Gasteiger partial charge on any atom is -0.481 e. The van der Waals surface area contributed by atoms with Gasteiger partial charge in [-0.3, -0.25) is 9.52 Å². The van der Waals surface area contributed by atoms with Gasteiger partial charge in [-0.15, -0.1) is 0 Å². The molecular formula is C20H18ClN3O4S. The molecule has 2 N–H and O–H groups in total. The molecule has 0 atom stereocenters. The molecule has 0 fully saturated rings. The fourth-order valence-corrected chi connectivity index (χ4v) is 3.74. The Morgan fingerprint density at radius 2 is 1.83 bits per heavy atom. The summed E-state index contributed by atoms with van der Waals surface area (Å²) in [6.07, 6.45) is 1.58. The predicted octanol–water partition coefficient (Wildman–Crippen LogP) is 3.47. The molecule has 0 unspecified atom stereocenters. The molecule has 0 spiro atoms. The highest BCUT2D eigenvalue weighted by atomic mass is 35.5. The van der Waals surface area contributed by atoms with Gasteiger partial charge in [0.2, 0.25) is 5.88 Å². The van der Waals surface area contributed by atoms with Crippen LogP contribution in [0.4, 0.5) is 5.69 Å². The van der Waals surface area contributed by atoms with Gasteiger partial charge < -0.3 is 10.1 Å². The first-order chi connectivity index (χ1) is 13.9. The van der Waals surface area contributed by atoms with Crippen LogP contribution in [0.2, 0.25) is 5.02 Å².